The lowest BCUT2D eigenvalue weighted by atomic mass is 10.2. The molecule has 1 N–H and O–H groups in total. The van der Waals surface area contributed by atoms with Crippen LogP contribution in [0.2, 0.25) is 0 Å². The fourth-order valence-electron chi connectivity index (χ4n) is 2.47. The van der Waals surface area contributed by atoms with Gasteiger partial charge in [-0.3, -0.25) is 4.79 Å². The molecule has 0 fully saturated rings. The molecule has 3 rings (SSSR count). The highest BCUT2D eigenvalue weighted by Crippen LogP contribution is 2.23. The van der Waals surface area contributed by atoms with Crippen LogP contribution in [-0.4, -0.2) is 15.7 Å². The molecule has 0 radical (unpaired) electrons. The van der Waals surface area contributed by atoms with Crippen LogP contribution in [0, 0.1) is 0 Å². The first-order valence-electron chi connectivity index (χ1n) is 8.00. The van der Waals surface area contributed by atoms with Crippen LogP contribution in [0.5, 0.6) is 0 Å². The molecule has 4 heteroatoms. The van der Waals surface area contributed by atoms with Gasteiger partial charge >= 0.3 is 0 Å². The lowest BCUT2D eigenvalue weighted by molar-refractivity contribution is 0.778. The lowest BCUT2D eigenvalue weighted by Crippen LogP contribution is -2.09. The second-order valence-corrected chi connectivity index (χ2v) is 6.68. The maximum absolute atomic E-state index is 12.1. The molecule has 3 aromatic rings. The summed E-state index contributed by atoms with van der Waals surface area (Å²) in [5.41, 5.74) is 1.57. The van der Waals surface area contributed by atoms with E-state index in [1.54, 1.807) is 6.07 Å². The molecular weight excluding hydrogens is 304 g/mol. The van der Waals surface area contributed by atoms with Crippen molar-refractivity contribution in [2.45, 2.75) is 31.1 Å². The first kappa shape index (κ1) is 15.8. The van der Waals surface area contributed by atoms with Gasteiger partial charge in [-0.15, -0.1) is 11.8 Å². The molecule has 2 aromatic carbocycles. The Morgan fingerprint density at radius 3 is 2.61 bits per heavy atom. The quantitative estimate of drug-likeness (QED) is 0.519. The van der Waals surface area contributed by atoms with Gasteiger partial charge in [-0.05, 0) is 36.4 Å². The predicted molar refractivity (Wildman–Crippen MR) is 98.0 cm³/mol. The van der Waals surface area contributed by atoms with E-state index in [0.29, 0.717) is 11.2 Å². The van der Waals surface area contributed by atoms with Gasteiger partial charge in [0.05, 0.1) is 10.9 Å². The van der Waals surface area contributed by atoms with Gasteiger partial charge in [-0.1, -0.05) is 44.0 Å². The topological polar surface area (TPSA) is 45.8 Å². The summed E-state index contributed by atoms with van der Waals surface area (Å²) >= 11 is 1.88. The number of nitrogens with zero attached hydrogens (tertiary/aromatic N) is 1. The van der Waals surface area contributed by atoms with E-state index in [9.17, 15) is 4.79 Å². The zero-order valence-electron chi connectivity index (χ0n) is 13.2. The number of H-pyrrole nitrogens is 1. The molecule has 3 nitrogen and oxygen atoms in total. The Kier molecular flexibility index (Phi) is 5.13. The van der Waals surface area contributed by atoms with Crippen molar-refractivity contribution < 1.29 is 0 Å². The second kappa shape index (κ2) is 7.47. The van der Waals surface area contributed by atoms with E-state index < -0.39 is 0 Å². The minimum absolute atomic E-state index is 0.0939. The molecule has 0 aliphatic rings. The van der Waals surface area contributed by atoms with E-state index in [2.05, 4.69) is 29.0 Å². The van der Waals surface area contributed by atoms with E-state index in [4.69, 9.17) is 0 Å². The van der Waals surface area contributed by atoms with Crippen LogP contribution in [0.25, 0.3) is 22.3 Å². The maximum atomic E-state index is 12.1. The van der Waals surface area contributed by atoms with E-state index in [0.717, 1.165) is 16.8 Å². The van der Waals surface area contributed by atoms with Gasteiger partial charge in [0.25, 0.3) is 5.56 Å². The van der Waals surface area contributed by atoms with Gasteiger partial charge in [0, 0.05) is 10.5 Å². The smallest absolute Gasteiger partial charge is 0.259 e. The number of hydrogen-bond donors (Lipinski definition) is 1. The molecule has 23 heavy (non-hydrogen) atoms. The average Bonchev–Trinajstić information content (AvgIpc) is 2.59. The van der Waals surface area contributed by atoms with Crippen molar-refractivity contribution in [1.82, 2.24) is 9.97 Å². The number of aromatic amines is 1. The molecule has 0 atom stereocenters. The van der Waals surface area contributed by atoms with Crippen LogP contribution in [-0.2, 0) is 0 Å². The Hall–Kier alpha value is -2.07. The highest BCUT2D eigenvalue weighted by molar-refractivity contribution is 7.99. The Labute approximate surface area is 140 Å². The largest absolute Gasteiger partial charge is 0.306 e. The molecule has 0 bridgehead atoms. The molecule has 0 saturated carbocycles. The van der Waals surface area contributed by atoms with Crippen LogP contribution in [0.15, 0.2) is 58.2 Å². The highest BCUT2D eigenvalue weighted by atomic mass is 32.2. The highest BCUT2D eigenvalue weighted by Gasteiger charge is 2.05. The number of rotatable bonds is 6. The monoisotopic (exact) mass is 324 g/mol. The van der Waals surface area contributed by atoms with Crippen LogP contribution in [0.1, 0.15) is 26.2 Å². The minimum atomic E-state index is -0.0939. The number of fused-ring (bicyclic) bond motifs is 1. The van der Waals surface area contributed by atoms with Crippen LogP contribution >= 0.6 is 11.8 Å². The van der Waals surface area contributed by atoms with E-state index >= 15 is 0 Å². The van der Waals surface area contributed by atoms with Gasteiger partial charge in [0.1, 0.15) is 5.82 Å². The van der Waals surface area contributed by atoms with E-state index in [-0.39, 0.29) is 5.56 Å². The molecule has 1 aromatic heterocycles. The predicted octanol–water partition coefficient (Wildman–Crippen LogP) is 4.87. The van der Waals surface area contributed by atoms with Crippen LogP contribution in [0.4, 0.5) is 0 Å². The second-order valence-electron chi connectivity index (χ2n) is 5.51. The van der Waals surface area contributed by atoms with Crippen molar-refractivity contribution in [3.05, 3.63) is 58.9 Å². The normalized spacial score (nSPS) is 11.0. The maximum Gasteiger partial charge on any atom is 0.259 e. The first-order valence-corrected chi connectivity index (χ1v) is 8.99. The molecule has 1 heterocycles. The number of para-hydroxylation sites is 1. The molecule has 0 aliphatic heterocycles. The average molecular weight is 324 g/mol. The Morgan fingerprint density at radius 2 is 1.83 bits per heavy atom. The van der Waals surface area contributed by atoms with Crippen molar-refractivity contribution in [3.8, 4) is 11.4 Å². The van der Waals surface area contributed by atoms with Gasteiger partial charge in [0.2, 0.25) is 0 Å². The fourth-order valence-corrected chi connectivity index (χ4v) is 3.39. The molecule has 0 aliphatic carbocycles. The summed E-state index contributed by atoms with van der Waals surface area (Å²) in [6.07, 6.45) is 3.79. The van der Waals surface area contributed by atoms with E-state index in [1.807, 2.05) is 42.1 Å². The first-order chi connectivity index (χ1) is 11.3. The van der Waals surface area contributed by atoms with Gasteiger partial charge in [0.15, 0.2) is 0 Å². The number of unbranched alkanes of at least 4 members (excludes halogenated alkanes) is 2. The molecule has 118 valence electrons. The third kappa shape index (κ3) is 3.82. The zero-order valence-corrected chi connectivity index (χ0v) is 14.0. The number of hydrogen-bond acceptors (Lipinski definition) is 3. The fraction of sp³-hybridized carbons (Fsp3) is 0.263. The van der Waals surface area contributed by atoms with Crippen molar-refractivity contribution in [1.29, 1.82) is 0 Å². The van der Waals surface area contributed by atoms with Gasteiger partial charge < -0.3 is 4.98 Å². The molecular formula is C19H20N2OS. The zero-order chi connectivity index (χ0) is 16.1. The summed E-state index contributed by atoms with van der Waals surface area (Å²) in [4.78, 5) is 20.8. The Morgan fingerprint density at radius 1 is 1.04 bits per heavy atom. The standard InChI is InChI=1S/C19H20N2OS/c1-2-3-6-13-23-15-11-9-14(10-12-15)18-20-17-8-5-4-7-16(17)19(22)21-18/h4-5,7-12H,2-3,6,13H2,1H3,(H,20,21,22). The lowest BCUT2D eigenvalue weighted by Gasteiger charge is -2.05. The third-order valence-electron chi connectivity index (χ3n) is 3.76. The van der Waals surface area contributed by atoms with Gasteiger partial charge in [-0.2, -0.15) is 0 Å². The van der Waals surface area contributed by atoms with Crippen molar-refractivity contribution in [3.63, 3.8) is 0 Å². The minimum Gasteiger partial charge on any atom is -0.306 e. The summed E-state index contributed by atoms with van der Waals surface area (Å²) in [5.74, 6) is 1.77. The van der Waals surface area contributed by atoms with Crippen LogP contribution < -0.4 is 5.56 Å². The molecule has 0 spiro atoms. The van der Waals surface area contributed by atoms with Crippen molar-refractivity contribution in [2.75, 3.05) is 5.75 Å². The van der Waals surface area contributed by atoms with E-state index in [1.165, 1.54) is 24.2 Å². The summed E-state index contributed by atoms with van der Waals surface area (Å²) in [6, 6.07) is 15.7. The van der Waals surface area contributed by atoms with Gasteiger partial charge in [-0.25, -0.2) is 4.98 Å². The molecule has 0 unspecified atom stereocenters. The summed E-state index contributed by atoms with van der Waals surface area (Å²) in [7, 11) is 0. The molecule has 0 saturated heterocycles. The Balaban J connectivity index is 1.80. The molecule has 0 amide bonds. The summed E-state index contributed by atoms with van der Waals surface area (Å²) in [5, 5.41) is 0.624. The number of benzene rings is 2. The third-order valence-corrected chi connectivity index (χ3v) is 4.86. The van der Waals surface area contributed by atoms with Crippen LogP contribution in [0.3, 0.4) is 0 Å². The van der Waals surface area contributed by atoms with Crippen molar-refractivity contribution in [2.24, 2.45) is 0 Å². The van der Waals surface area contributed by atoms with Crippen molar-refractivity contribution >= 4 is 22.7 Å². The SMILES string of the molecule is CCCCCSc1ccc(-c2nc3ccccc3c(=O)[nH]2)cc1. The number of nitrogens with one attached hydrogen (secondary N) is 1. The number of thioether (sulfide) groups is 1. The summed E-state index contributed by atoms with van der Waals surface area (Å²) in [6.45, 7) is 2.22. The summed E-state index contributed by atoms with van der Waals surface area (Å²) < 4.78 is 0. The number of aromatic nitrogens is 2. The Bertz CT molecular complexity index is 840.